The van der Waals surface area contributed by atoms with Crippen LogP contribution in [0, 0.1) is 0 Å². The molecule has 2 heteroatoms. The SMILES string of the molecule is C=C.O=C1CCC(c2ccc(Cl)cc2)CC1. The Balaban J connectivity index is 0.000000606. The van der Waals surface area contributed by atoms with Gasteiger partial charge in [-0.2, -0.15) is 0 Å². The molecule has 86 valence electrons. The fourth-order valence-electron chi connectivity index (χ4n) is 2.01. The van der Waals surface area contributed by atoms with Crippen LogP contribution in [0.2, 0.25) is 5.02 Å². The summed E-state index contributed by atoms with van der Waals surface area (Å²) < 4.78 is 0. The molecule has 1 aliphatic rings. The Morgan fingerprint density at radius 1 is 1.06 bits per heavy atom. The smallest absolute Gasteiger partial charge is 0.132 e. The number of rotatable bonds is 1. The Morgan fingerprint density at radius 2 is 1.56 bits per heavy atom. The first-order valence-electron chi connectivity index (χ1n) is 5.53. The van der Waals surface area contributed by atoms with E-state index in [-0.39, 0.29) is 0 Å². The normalized spacial score (nSPS) is 16.4. The Morgan fingerprint density at radius 3 is 2.06 bits per heavy atom. The van der Waals surface area contributed by atoms with E-state index in [0.717, 1.165) is 30.7 Å². The average molecular weight is 237 g/mol. The average Bonchev–Trinajstić information content (AvgIpc) is 2.34. The fourth-order valence-corrected chi connectivity index (χ4v) is 2.13. The largest absolute Gasteiger partial charge is 0.300 e. The zero-order valence-corrected chi connectivity index (χ0v) is 10.2. The van der Waals surface area contributed by atoms with Crippen molar-refractivity contribution in [1.29, 1.82) is 0 Å². The third kappa shape index (κ3) is 3.49. The lowest BCUT2D eigenvalue weighted by molar-refractivity contribution is -0.120. The summed E-state index contributed by atoms with van der Waals surface area (Å²) in [6.07, 6.45) is 3.49. The molecule has 0 spiro atoms. The summed E-state index contributed by atoms with van der Waals surface area (Å²) in [6.45, 7) is 6.00. The van der Waals surface area contributed by atoms with E-state index < -0.39 is 0 Å². The summed E-state index contributed by atoms with van der Waals surface area (Å²) in [5.41, 5.74) is 1.32. The van der Waals surface area contributed by atoms with Gasteiger partial charge in [0.05, 0.1) is 0 Å². The molecular formula is C14H17ClO. The highest BCUT2D eigenvalue weighted by Gasteiger charge is 2.19. The zero-order valence-electron chi connectivity index (χ0n) is 9.42. The van der Waals surface area contributed by atoms with Gasteiger partial charge in [-0.1, -0.05) is 23.7 Å². The van der Waals surface area contributed by atoms with Crippen molar-refractivity contribution in [3.05, 3.63) is 48.0 Å². The number of carbonyl (C=O) groups excluding carboxylic acids is 1. The van der Waals surface area contributed by atoms with Gasteiger partial charge in [-0.05, 0) is 36.5 Å². The van der Waals surface area contributed by atoms with Gasteiger partial charge in [-0.25, -0.2) is 0 Å². The monoisotopic (exact) mass is 236 g/mol. The number of Topliss-reactive ketones (excluding diaryl/α,β-unsaturated/α-hetero) is 1. The van der Waals surface area contributed by atoms with Crippen LogP contribution in [0.4, 0.5) is 0 Å². The lowest BCUT2D eigenvalue weighted by atomic mass is 9.83. The van der Waals surface area contributed by atoms with Crippen molar-refractivity contribution in [3.63, 3.8) is 0 Å². The zero-order chi connectivity index (χ0) is 12.0. The van der Waals surface area contributed by atoms with Gasteiger partial charge in [0, 0.05) is 17.9 Å². The molecular weight excluding hydrogens is 220 g/mol. The highest BCUT2D eigenvalue weighted by Crippen LogP contribution is 2.31. The van der Waals surface area contributed by atoms with Crippen LogP contribution >= 0.6 is 11.6 Å². The second-order valence-corrected chi connectivity index (χ2v) is 4.30. The topological polar surface area (TPSA) is 17.1 Å². The van der Waals surface area contributed by atoms with E-state index in [9.17, 15) is 4.79 Å². The van der Waals surface area contributed by atoms with Gasteiger partial charge in [0.25, 0.3) is 0 Å². The van der Waals surface area contributed by atoms with Crippen molar-refractivity contribution in [3.8, 4) is 0 Å². The van der Waals surface area contributed by atoms with Crippen molar-refractivity contribution < 1.29 is 4.79 Å². The first kappa shape index (κ1) is 13.0. The minimum Gasteiger partial charge on any atom is -0.300 e. The predicted octanol–water partition coefficient (Wildman–Crippen LogP) is 4.37. The van der Waals surface area contributed by atoms with Gasteiger partial charge in [-0.15, -0.1) is 13.2 Å². The standard InChI is InChI=1S/C12H13ClO.C2H4/c13-11-5-1-9(2-6-11)10-3-7-12(14)8-4-10;1-2/h1-2,5-6,10H,3-4,7-8H2;1-2H2. The third-order valence-electron chi connectivity index (χ3n) is 2.88. The van der Waals surface area contributed by atoms with E-state index in [1.165, 1.54) is 5.56 Å². The first-order valence-corrected chi connectivity index (χ1v) is 5.90. The number of carbonyl (C=O) groups is 1. The molecule has 0 radical (unpaired) electrons. The summed E-state index contributed by atoms with van der Waals surface area (Å²) in [4.78, 5) is 11.1. The van der Waals surface area contributed by atoms with Crippen molar-refractivity contribution in [2.75, 3.05) is 0 Å². The summed E-state index contributed by atoms with van der Waals surface area (Å²) in [6, 6.07) is 7.99. The number of halogens is 1. The third-order valence-corrected chi connectivity index (χ3v) is 3.14. The Hall–Kier alpha value is -1.08. The fraction of sp³-hybridized carbons (Fsp3) is 0.357. The number of hydrogen-bond acceptors (Lipinski definition) is 1. The van der Waals surface area contributed by atoms with Crippen LogP contribution in [0.1, 0.15) is 37.2 Å². The van der Waals surface area contributed by atoms with Crippen molar-refractivity contribution in [2.24, 2.45) is 0 Å². The second kappa shape index (κ2) is 6.49. The maximum absolute atomic E-state index is 11.1. The highest BCUT2D eigenvalue weighted by atomic mass is 35.5. The molecule has 0 N–H and O–H groups in total. The molecule has 1 aliphatic carbocycles. The molecule has 0 aliphatic heterocycles. The van der Waals surface area contributed by atoms with E-state index in [1.54, 1.807) is 0 Å². The van der Waals surface area contributed by atoms with Crippen LogP contribution in [0.3, 0.4) is 0 Å². The molecule has 1 fully saturated rings. The van der Waals surface area contributed by atoms with Crippen LogP contribution in [-0.2, 0) is 4.79 Å². The quantitative estimate of drug-likeness (QED) is 0.662. The van der Waals surface area contributed by atoms with Crippen LogP contribution in [0.25, 0.3) is 0 Å². The molecule has 0 bridgehead atoms. The van der Waals surface area contributed by atoms with Crippen molar-refractivity contribution in [2.45, 2.75) is 31.6 Å². The maximum Gasteiger partial charge on any atom is 0.132 e. The minimum absolute atomic E-state index is 0.412. The van der Waals surface area contributed by atoms with E-state index in [4.69, 9.17) is 11.6 Å². The molecule has 0 amide bonds. The number of benzene rings is 1. The van der Waals surface area contributed by atoms with Crippen molar-refractivity contribution in [1.82, 2.24) is 0 Å². The molecule has 0 unspecified atom stereocenters. The number of ketones is 1. The Bertz CT molecular complexity index is 332. The summed E-state index contributed by atoms with van der Waals surface area (Å²) >= 11 is 5.82. The Kier molecular flexibility index (Phi) is 5.27. The molecule has 0 saturated heterocycles. The van der Waals surface area contributed by atoms with Crippen LogP contribution < -0.4 is 0 Å². The molecule has 1 saturated carbocycles. The van der Waals surface area contributed by atoms with E-state index in [0.29, 0.717) is 11.7 Å². The molecule has 0 aromatic heterocycles. The first-order chi connectivity index (χ1) is 7.75. The molecule has 0 heterocycles. The van der Waals surface area contributed by atoms with Gasteiger partial charge in [0.15, 0.2) is 0 Å². The van der Waals surface area contributed by atoms with E-state index in [1.807, 2.05) is 12.1 Å². The Labute approximate surface area is 102 Å². The second-order valence-electron chi connectivity index (χ2n) is 3.86. The van der Waals surface area contributed by atoms with Gasteiger partial charge >= 0.3 is 0 Å². The highest BCUT2D eigenvalue weighted by molar-refractivity contribution is 6.30. The minimum atomic E-state index is 0.412. The molecule has 1 nitrogen and oxygen atoms in total. The molecule has 1 aromatic rings. The molecule has 1 aromatic carbocycles. The summed E-state index contributed by atoms with van der Waals surface area (Å²) in [5.74, 6) is 0.972. The molecule has 2 rings (SSSR count). The molecule has 16 heavy (non-hydrogen) atoms. The van der Waals surface area contributed by atoms with Gasteiger partial charge < -0.3 is 0 Å². The van der Waals surface area contributed by atoms with Crippen LogP contribution in [-0.4, -0.2) is 5.78 Å². The van der Waals surface area contributed by atoms with Crippen LogP contribution in [0.5, 0.6) is 0 Å². The predicted molar refractivity (Wildman–Crippen MR) is 68.9 cm³/mol. The maximum atomic E-state index is 11.1. The summed E-state index contributed by atoms with van der Waals surface area (Å²) in [7, 11) is 0. The lowest BCUT2D eigenvalue weighted by Gasteiger charge is -2.21. The van der Waals surface area contributed by atoms with Gasteiger partial charge in [0.2, 0.25) is 0 Å². The van der Waals surface area contributed by atoms with Crippen molar-refractivity contribution >= 4 is 17.4 Å². The van der Waals surface area contributed by atoms with E-state index >= 15 is 0 Å². The summed E-state index contributed by atoms with van der Waals surface area (Å²) in [5, 5.41) is 0.778. The van der Waals surface area contributed by atoms with Gasteiger partial charge in [-0.3, -0.25) is 4.79 Å². The van der Waals surface area contributed by atoms with Crippen LogP contribution in [0.15, 0.2) is 37.4 Å². The molecule has 0 atom stereocenters. The van der Waals surface area contributed by atoms with E-state index in [2.05, 4.69) is 25.3 Å². The van der Waals surface area contributed by atoms with Gasteiger partial charge in [0.1, 0.15) is 5.78 Å². The lowest BCUT2D eigenvalue weighted by Crippen LogP contribution is -2.12. The number of hydrogen-bond donors (Lipinski definition) is 0.